The van der Waals surface area contributed by atoms with Crippen molar-refractivity contribution in [1.29, 1.82) is 0 Å². The molecule has 2 N–H and O–H groups in total. The highest BCUT2D eigenvalue weighted by Crippen LogP contribution is 2.46. The van der Waals surface area contributed by atoms with Gasteiger partial charge in [-0.15, -0.1) is 0 Å². The second kappa shape index (κ2) is 4.75. The van der Waals surface area contributed by atoms with Gasteiger partial charge >= 0.3 is 0 Å². The monoisotopic (exact) mass is 265 g/mol. The van der Waals surface area contributed by atoms with Crippen LogP contribution in [0.5, 0.6) is 0 Å². The van der Waals surface area contributed by atoms with Gasteiger partial charge in [0.2, 0.25) is 0 Å². The summed E-state index contributed by atoms with van der Waals surface area (Å²) >= 11 is 0. The van der Waals surface area contributed by atoms with Crippen molar-refractivity contribution in [2.24, 2.45) is 5.41 Å². The van der Waals surface area contributed by atoms with E-state index in [1.165, 1.54) is 0 Å². The van der Waals surface area contributed by atoms with Crippen LogP contribution in [0, 0.1) is 11.2 Å². The lowest BCUT2D eigenvalue weighted by Gasteiger charge is -2.21. The molecular weight excluding hydrogens is 241 g/mol. The molecule has 1 fully saturated rings. The van der Waals surface area contributed by atoms with Crippen LogP contribution in [-0.4, -0.2) is 16.6 Å². The third-order valence-electron chi connectivity index (χ3n) is 3.60. The highest BCUT2D eigenvalue weighted by atomic mass is 19.1. The van der Waals surface area contributed by atoms with E-state index >= 15 is 0 Å². The summed E-state index contributed by atoms with van der Waals surface area (Å²) < 4.78 is 14.3. The van der Waals surface area contributed by atoms with Gasteiger partial charge in [-0.05, 0) is 38.7 Å². The topological polar surface area (TPSA) is 37.0 Å². The van der Waals surface area contributed by atoms with Gasteiger partial charge in [-0.2, -0.15) is 0 Å². The molecule has 4 heteroatoms. The number of pyridine rings is 1. The normalized spacial score (nSPS) is 21.3. The Kier molecular flexibility index (Phi) is 3.56. The molecule has 0 aromatic carbocycles. The summed E-state index contributed by atoms with van der Waals surface area (Å²) in [5, 5.41) is 6.49. The maximum atomic E-state index is 14.3. The van der Waals surface area contributed by atoms with Crippen LogP contribution in [0.3, 0.4) is 0 Å². The molecule has 106 valence electrons. The van der Waals surface area contributed by atoms with Crippen LogP contribution in [-0.2, 0) is 6.54 Å². The molecule has 0 aliphatic heterocycles. The Balaban J connectivity index is 2.05. The lowest BCUT2D eigenvalue weighted by Crippen LogP contribution is -2.35. The molecule has 1 aliphatic rings. The molecule has 3 nitrogen and oxygen atoms in total. The zero-order valence-electron chi connectivity index (χ0n) is 12.5. The molecule has 0 bridgehead atoms. The highest BCUT2D eigenvalue weighted by Gasteiger charge is 2.46. The Hall–Kier alpha value is -1.16. The maximum absolute atomic E-state index is 14.3. The predicted octanol–water partition coefficient (Wildman–Crippen LogP) is 3.32. The van der Waals surface area contributed by atoms with E-state index in [2.05, 4.69) is 50.2 Å². The van der Waals surface area contributed by atoms with E-state index in [0.29, 0.717) is 24.0 Å². The standard InChI is InChI=1S/C15H24FN3/c1-14(2,3)18-9-10-6-7-17-13(12(10)16)19-11-8-15(11,4)5/h6-7,11,18H,8-9H2,1-5H3,(H,17,19). The van der Waals surface area contributed by atoms with Gasteiger partial charge in [-0.3, -0.25) is 0 Å². The van der Waals surface area contributed by atoms with E-state index in [0.717, 1.165) is 6.42 Å². The molecule has 1 aliphatic carbocycles. The van der Waals surface area contributed by atoms with E-state index in [1.54, 1.807) is 12.3 Å². The molecule has 0 amide bonds. The van der Waals surface area contributed by atoms with Gasteiger partial charge in [0.15, 0.2) is 11.6 Å². The van der Waals surface area contributed by atoms with Crippen LogP contribution in [0.1, 0.15) is 46.6 Å². The molecule has 1 saturated carbocycles. The fourth-order valence-corrected chi connectivity index (χ4v) is 1.96. The number of hydrogen-bond donors (Lipinski definition) is 2. The molecule has 0 saturated heterocycles. The number of anilines is 1. The van der Waals surface area contributed by atoms with Crippen LogP contribution in [0.4, 0.5) is 10.2 Å². The van der Waals surface area contributed by atoms with Gasteiger partial charge in [0.1, 0.15) is 0 Å². The van der Waals surface area contributed by atoms with Gasteiger partial charge in [0, 0.05) is 29.9 Å². The van der Waals surface area contributed by atoms with E-state index in [-0.39, 0.29) is 16.8 Å². The maximum Gasteiger partial charge on any atom is 0.169 e. The molecule has 0 radical (unpaired) electrons. The van der Waals surface area contributed by atoms with Crippen molar-refractivity contribution < 1.29 is 4.39 Å². The highest BCUT2D eigenvalue weighted by molar-refractivity contribution is 5.43. The van der Waals surface area contributed by atoms with E-state index in [1.807, 2.05) is 0 Å². The Morgan fingerprint density at radius 2 is 2.05 bits per heavy atom. The smallest absolute Gasteiger partial charge is 0.169 e. The van der Waals surface area contributed by atoms with Crippen molar-refractivity contribution in [1.82, 2.24) is 10.3 Å². The van der Waals surface area contributed by atoms with E-state index in [9.17, 15) is 4.39 Å². The first-order valence-corrected chi connectivity index (χ1v) is 6.84. The lowest BCUT2D eigenvalue weighted by molar-refractivity contribution is 0.418. The molecule has 1 unspecified atom stereocenters. The van der Waals surface area contributed by atoms with Crippen LogP contribution >= 0.6 is 0 Å². The average Bonchev–Trinajstić information content (AvgIpc) is 2.86. The minimum absolute atomic E-state index is 0.0260. The molecule has 19 heavy (non-hydrogen) atoms. The third-order valence-corrected chi connectivity index (χ3v) is 3.60. The van der Waals surface area contributed by atoms with Gasteiger partial charge in [0.25, 0.3) is 0 Å². The van der Waals surface area contributed by atoms with Gasteiger partial charge in [-0.25, -0.2) is 9.37 Å². The minimum Gasteiger partial charge on any atom is -0.364 e. The summed E-state index contributed by atoms with van der Waals surface area (Å²) in [4.78, 5) is 4.12. The van der Waals surface area contributed by atoms with E-state index in [4.69, 9.17) is 0 Å². The largest absolute Gasteiger partial charge is 0.364 e. The first-order valence-electron chi connectivity index (χ1n) is 6.84. The molecule has 1 aromatic rings. The zero-order valence-corrected chi connectivity index (χ0v) is 12.5. The predicted molar refractivity (Wildman–Crippen MR) is 76.6 cm³/mol. The molecule has 1 atom stereocenters. The van der Waals surface area contributed by atoms with Gasteiger partial charge < -0.3 is 10.6 Å². The summed E-state index contributed by atoms with van der Waals surface area (Å²) in [6.07, 6.45) is 2.74. The van der Waals surface area contributed by atoms with Gasteiger partial charge in [0.05, 0.1) is 0 Å². The SMILES string of the molecule is CC(C)(C)NCc1ccnc(NC2CC2(C)C)c1F. The number of nitrogens with one attached hydrogen (secondary N) is 2. The van der Waals surface area contributed by atoms with Crippen LogP contribution < -0.4 is 10.6 Å². The fraction of sp³-hybridized carbons (Fsp3) is 0.667. The Bertz CT molecular complexity index is 463. The number of aromatic nitrogens is 1. The number of halogens is 1. The first kappa shape index (κ1) is 14.3. The Labute approximate surface area is 115 Å². The van der Waals surface area contributed by atoms with Gasteiger partial charge in [-0.1, -0.05) is 13.8 Å². The second-order valence-corrected chi connectivity index (χ2v) is 7.13. The number of hydrogen-bond acceptors (Lipinski definition) is 3. The summed E-state index contributed by atoms with van der Waals surface area (Å²) in [6.45, 7) is 11.1. The van der Waals surface area contributed by atoms with Crippen LogP contribution in [0.25, 0.3) is 0 Å². The summed E-state index contributed by atoms with van der Waals surface area (Å²) in [5.74, 6) is 0.144. The minimum atomic E-state index is -0.234. The Morgan fingerprint density at radius 3 is 2.58 bits per heavy atom. The molecular formula is C15H24FN3. The summed E-state index contributed by atoms with van der Waals surface area (Å²) in [7, 11) is 0. The van der Waals surface area contributed by atoms with Crippen molar-refractivity contribution in [3.63, 3.8) is 0 Å². The number of rotatable bonds is 4. The van der Waals surface area contributed by atoms with Crippen molar-refractivity contribution in [3.05, 3.63) is 23.6 Å². The van der Waals surface area contributed by atoms with Crippen LogP contribution in [0.2, 0.25) is 0 Å². The van der Waals surface area contributed by atoms with Crippen molar-refractivity contribution in [2.45, 2.75) is 59.2 Å². The van der Waals surface area contributed by atoms with Crippen molar-refractivity contribution >= 4 is 5.82 Å². The summed E-state index contributed by atoms with van der Waals surface area (Å²) in [6, 6.07) is 2.07. The fourth-order valence-electron chi connectivity index (χ4n) is 1.96. The molecule has 2 rings (SSSR count). The zero-order chi connectivity index (χ0) is 14.3. The quantitative estimate of drug-likeness (QED) is 0.877. The average molecular weight is 265 g/mol. The Morgan fingerprint density at radius 1 is 1.42 bits per heavy atom. The first-order chi connectivity index (χ1) is 8.69. The third kappa shape index (κ3) is 3.66. The molecule has 0 spiro atoms. The van der Waals surface area contributed by atoms with Crippen molar-refractivity contribution in [3.8, 4) is 0 Å². The van der Waals surface area contributed by atoms with E-state index < -0.39 is 0 Å². The second-order valence-electron chi connectivity index (χ2n) is 7.13. The van der Waals surface area contributed by atoms with Crippen molar-refractivity contribution in [2.75, 3.05) is 5.32 Å². The summed E-state index contributed by atoms with van der Waals surface area (Å²) in [5.41, 5.74) is 0.890. The lowest BCUT2D eigenvalue weighted by atomic mass is 10.1. The number of nitrogens with zero attached hydrogens (tertiary/aromatic N) is 1. The molecule has 1 aromatic heterocycles. The van der Waals surface area contributed by atoms with Crippen LogP contribution in [0.15, 0.2) is 12.3 Å². The molecule has 1 heterocycles.